The van der Waals surface area contributed by atoms with Crippen LogP contribution in [0.2, 0.25) is 0 Å². The first kappa shape index (κ1) is 28.4. The van der Waals surface area contributed by atoms with Crippen LogP contribution in [0.1, 0.15) is 129 Å². The number of rotatable bonds is 12. The standard InChI is InChI=1S/C23H40OS.C4H10/c1-6-13-20(25)15-12-10-8-7-9-11-14-19-17-22(24)21(16-18(19)2)23(3,4)5;1-3-4-2/h16-17,20,24-25H,6-15H2,1-5H3;3-4H2,1-2H3. The molecule has 1 N–H and O–H groups in total. The maximum Gasteiger partial charge on any atom is 0.119 e. The second-order valence-corrected chi connectivity index (χ2v) is 10.4. The lowest BCUT2D eigenvalue weighted by molar-refractivity contribution is 0.445. The molecule has 2 heteroatoms. The maximum absolute atomic E-state index is 10.3. The number of aryl methyl sites for hydroxylation is 2. The Kier molecular flexibility index (Phi) is 15.8. The molecule has 0 radical (unpaired) electrons. The Hall–Kier alpha value is -0.630. The Morgan fingerprint density at radius 2 is 1.38 bits per heavy atom. The molecule has 0 aliphatic rings. The van der Waals surface area contributed by atoms with Gasteiger partial charge in [0, 0.05) is 5.25 Å². The number of phenols is 1. The zero-order valence-corrected chi connectivity index (χ0v) is 21.5. The van der Waals surface area contributed by atoms with Crippen molar-refractivity contribution in [3.8, 4) is 5.75 Å². The molecule has 0 heterocycles. The van der Waals surface area contributed by atoms with E-state index in [4.69, 9.17) is 0 Å². The lowest BCUT2D eigenvalue weighted by atomic mass is 9.84. The van der Waals surface area contributed by atoms with E-state index in [1.54, 1.807) is 0 Å². The fraction of sp³-hybridized carbons (Fsp3) is 0.778. The lowest BCUT2D eigenvalue weighted by Crippen LogP contribution is -2.12. The normalized spacial score (nSPS) is 12.4. The fourth-order valence-corrected chi connectivity index (χ4v) is 3.93. The van der Waals surface area contributed by atoms with Crippen LogP contribution in [-0.4, -0.2) is 10.4 Å². The van der Waals surface area contributed by atoms with Crippen molar-refractivity contribution in [3.63, 3.8) is 0 Å². The molecule has 1 nitrogen and oxygen atoms in total. The number of hydrogen-bond acceptors (Lipinski definition) is 2. The third-order valence-electron chi connectivity index (χ3n) is 5.62. The molecule has 0 aromatic heterocycles. The second kappa shape index (κ2) is 16.1. The van der Waals surface area contributed by atoms with Gasteiger partial charge in [-0.05, 0) is 60.8 Å². The van der Waals surface area contributed by atoms with Crippen LogP contribution in [-0.2, 0) is 11.8 Å². The Morgan fingerprint density at radius 1 is 0.828 bits per heavy atom. The van der Waals surface area contributed by atoms with Crippen LogP contribution in [0, 0.1) is 6.92 Å². The minimum atomic E-state index is -0.00345. The van der Waals surface area contributed by atoms with Crippen molar-refractivity contribution < 1.29 is 5.11 Å². The molecule has 0 aliphatic heterocycles. The third kappa shape index (κ3) is 13.3. The Bertz CT molecular complexity index is 528. The molecule has 1 rings (SSSR count). The highest BCUT2D eigenvalue weighted by atomic mass is 32.1. The molecule has 0 aliphatic carbocycles. The Morgan fingerprint density at radius 3 is 1.90 bits per heavy atom. The molecule has 0 fully saturated rings. The Balaban J connectivity index is 0.00000178. The van der Waals surface area contributed by atoms with E-state index in [-0.39, 0.29) is 5.41 Å². The lowest BCUT2D eigenvalue weighted by Gasteiger charge is -2.22. The van der Waals surface area contributed by atoms with Gasteiger partial charge in [-0.1, -0.05) is 99.0 Å². The van der Waals surface area contributed by atoms with E-state index in [1.165, 1.54) is 81.8 Å². The number of aromatic hydroxyl groups is 1. The van der Waals surface area contributed by atoms with E-state index < -0.39 is 0 Å². The summed E-state index contributed by atoms with van der Waals surface area (Å²) in [5, 5.41) is 10.9. The van der Waals surface area contributed by atoms with Crippen molar-refractivity contribution in [1.82, 2.24) is 0 Å². The molecule has 29 heavy (non-hydrogen) atoms. The SMILES string of the molecule is CCCC.CCCC(S)CCCCCCCCc1cc(O)c(C(C)(C)C)cc1C. The van der Waals surface area contributed by atoms with Gasteiger partial charge in [0.2, 0.25) is 0 Å². The first-order chi connectivity index (χ1) is 13.7. The molecule has 1 aromatic rings. The van der Waals surface area contributed by atoms with Crippen molar-refractivity contribution in [2.24, 2.45) is 0 Å². The largest absolute Gasteiger partial charge is 0.508 e. The smallest absolute Gasteiger partial charge is 0.119 e. The molecule has 170 valence electrons. The van der Waals surface area contributed by atoms with E-state index in [2.05, 4.69) is 67.2 Å². The minimum absolute atomic E-state index is 0.00345. The van der Waals surface area contributed by atoms with Crippen LogP contribution in [0.25, 0.3) is 0 Å². The summed E-state index contributed by atoms with van der Waals surface area (Å²) in [6.07, 6.45) is 15.4. The average molecular weight is 423 g/mol. The predicted octanol–water partition coefficient (Wildman–Crippen LogP) is 9.18. The number of unbranched alkanes of at least 4 members (excludes halogenated alkanes) is 6. The van der Waals surface area contributed by atoms with Gasteiger partial charge in [-0.2, -0.15) is 12.6 Å². The van der Waals surface area contributed by atoms with Gasteiger partial charge in [-0.25, -0.2) is 0 Å². The van der Waals surface area contributed by atoms with Gasteiger partial charge in [0.25, 0.3) is 0 Å². The minimum Gasteiger partial charge on any atom is -0.508 e. The molecule has 0 saturated heterocycles. The highest BCUT2D eigenvalue weighted by molar-refractivity contribution is 7.80. The topological polar surface area (TPSA) is 20.2 Å². The molecular formula is C27H50OS. The van der Waals surface area contributed by atoms with E-state index in [0.717, 1.165) is 12.0 Å². The van der Waals surface area contributed by atoms with Crippen LogP contribution in [0.3, 0.4) is 0 Å². The van der Waals surface area contributed by atoms with E-state index in [1.807, 2.05) is 6.07 Å². The van der Waals surface area contributed by atoms with Crippen LogP contribution in [0.5, 0.6) is 5.75 Å². The van der Waals surface area contributed by atoms with Crippen LogP contribution in [0.15, 0.2) is 12.1 Å². The zero-order chi connectivity index (χ0) is 22.3. The van der Waals surface area contributed by atoms with Crippen LogP contribution in [0.4, 0.5) is 0 Å². The molecule has 1 atom stereocenters. The van der Waals surface area contributed by atoms with E-state index in [9.17, 15) is 5.11 Å². The van der Waals surface area contributed by atoms with Gasteiger partial charge in [-0.15, -0.1) is 0 Å². The summed E-state index contributed by atoms with van der Waals surface area (Å²) < 4.78 is 0. The van der Waals surface area contributed by atoms with Gasteiger partial charge in [0.15, 0.2) is 0 Å². The number of thiol groups is 1. The molecule has 0 amide bonds. The van der Waals surface area contributed by atoms with Gasteiger partial charge >= 0.3 is 0 Å². The quantitative estimate of drug-likeness (QED) is 0.254. The first-order valence-corrected chi connectivity index (χ1v) is 12.7. The van der Waals surface area contributed by atoms with Crippen molar-refractivity contribution in [2.45, 2.75) is 136 Å². The summed E-state index contributed by atoms with van der Waals surface area (Å²) in [4.78, 5) is 0. The van der Waals surface area contributed by atoms with Gasteiger partial charge in [0.05, 0.1) is 0 Å². The molecule has 0 saturated carbocycles. The third-order valence-corrected chi connectivity index (χ3v) is 6.13. The van der Waals surface area contributed by atoms with E-state index in [0.29, 0.717) is 11.0 Å². The zero-order valence-electron chi connectivity index (χ0n) is 20.6. The summed E-state index contributed by atoms with van der Waals surface area (Å²) in [7, 11) is 0. The molecule has 0 bridgehead atoms. The molecular weight excluding hydrogens is 372 g/mol. The van der Waals surface area contributed by atoms with Crippen molar-refractivity contribution in [2.75, 3.05) is 0 Å². The van der Waals surface area contributed by atoms with Gasteiger partial charge in [0.1, 0.15) is 5.75 Å². The highest BCUT2D eigenvalue weighted by Gasteiger charge is 2.19. The fourth-order valence-electron chi connectivity index (χ4n) is 3.49. The molecule has 1 aromatic carbocycles. The van der Waals surface area contributed by atoms with E-state index >= 15 is 0 Å². The van der Waals surface area contributed by atoms with Crippen LogP contribution >= 0.6 is 12.6 Å². The molecule has 1 unspecified atom stereocenters. The number of phenolic OH excluding ortho intramolecular Hbond substituents is 1. The van der Waals surface area contributed by atoms with Crippen molar-refractivity contribution >= 4 is 12.6 Å². The predicted molar refractivity (Wildman–Crippen MR) is 136 cm³/mol. The number of hydrogen-bond donors (Lipinski definition) is 2. The van der Waals surface area contributed by atoms with Gasteiger partial charge < -0.3 is 5.11 Å². The monoisotopic (exact) mass is 422 g/mol. The van der Waals surface area contributed by atoms with Gasteiger partial charge in [-0.3, -0.25) is 0 Å². The highest BCUT2D eigenvalue weighted by Crippen LogP contribution is 2.33. The summed E-state index contributed by atoms with van der Waals surface area (Å²) in [6.45, 7) is 15.2. The summed E-state index contributed by atoms with van der Waals surface area (Å²) in [5.41, 5.74) is 3.68. The second-order valence-electron chi connectivity index (χ2n) is 9.65. The first-order valence-electron chi connectivity index (χ1n) is 12.2. The summed E-state index contributed by atoms with van der Waals surface area (Å²) in [5.74, 6) is 0.460. The molecule has 0 spiro atoms. The van der Waals surface area contributed by atoms with Crippen molar-refractivity contribution in [3.05, 3.63) is 28.8 Å². The summed E-state index contributed by atoms with van der Waals surface area (Å²) in [6, 6.07) is 4.17. The van der Waals surface area contributed by atoms with Crippen molar-refractivity contribution in [1.29, 1.82) is 0 Å². The maximum atomic E-state index is 10.3. The summed E-state index contributed by atoms with van der Waals surface area (Å²) >= 11 is 4.63. The Labute approximate surface area is 188 Å². The van der Waals surface area contributed by atoms with Crippen LogP contribution < -0.4 is 0 Å². The number of benzene rings is 1. The average Bonchev–Trinajstić information content (AvgIpc) is 2.65.